The molecule has 0 bridgehead atoms. The van der Waals surface area contributed by atoms with E-state index in [9.17, 15) is 0 Å². The number of alkyl halides is 1. The molecule has 0 radical (unpaired) electrons. The van der Waals surface area contributed by atoms with Crippen molar-refractivity contribution >= 4 is 11.6 Å². The van der Waals surface area contributed by atoms with Gasteiger partial charge in [-0.25, -0.2) is 0 Å². The maximum absolute atomic E-state index is 6.62. The van der Waals surface area contributed by atoms with Crippen LogP contribution in [0.15, 0.2) is 91.0 Å². The smallest absolute Gasteiger partial charge is 0.160 e. The van der Waals surface area contributed by atoms with Gasteiger partial charge in [0.2, 0.25) is 0 Å². The van der Waals surface area contributed by atoms with Crippen molar-refractivity contribution < 1.29 is 18.9 Å². The van der Waals surface area contributed by atoms with Crippen LogP contribution in [0.3, 0.4) is 0 Å². The molecule has 3 aromatic rings. The monoisotopic (exact) mass is 452 g/mol. The van der Waals surface area contributed by atoms with E-state index in [0.717, 1.165) is 16.7 Å². The lowest BCUT2D eigenvalue weighted by molar-refractivity contribution is -0.244. The number of rotatable bonds is 9. The van der Waals surface area contributed by atoms with Crippen LogP contribution in [0.4, 0.5) is 0 Å². The quantitative estimate of drug-likeness (QED) is 0.389. The molecule has 168 valence electrons. The van der Waals surface area contributed by atoms with E-state index in [4.69, 9.17) is 30.5 Å². The highest BCUT2D eigenvalue weighted by atomic mass is 35.5. The maximum Gasteiger partial charge on any atom is 0.160 e. The van der Waals surface area contributed by atoms with Crippen LogP contribution in [0.25, 0.3) is 0 Å². The van der Waals surface area contributed by atoms with Crippen LogP contribution in [-0.4, -0.2) is 30.0 Å². The minimum atomic E-state index is -0.633. The summed E-state index contributed by atoms with van der Waals surface area (Å²) in [6.45, 7) is 3.29. The van der Waals surface area contributed by atoms with Gasteiger partial charge in [0.25, 0.3) is 0 Å². The van der Waals surface area contributed by atoms with E-state index in [-0.39, 0.29) is 18.3 Å². The van der Waals surface area contributed by atoms with Gasteiger partial charge in [-0.15, -0.1) is 0 Å². The van der Waals surface area contributed by atoms with Gasteiger partial charge in [-0.05, 0) is 23.6 Å². The van der Waals surface area contributed by atoms with Crippen LogP contribution >= 0.6 is 11.6 Å². The third-order valence-electron chi connectivity index (χ3n) is 5.57. The van der Waals surface area contributed by atoms with E-state index in [2.05, 4.69) is 0 Å². The highest BCUT2D eigenvalue weighted by Crippen LogP contribution is 2.31. The summed E-state index contributed by atoms with van der Waals surface area (Å²) in [6, 6.07) is 30.2. The first kappa shape index (κ1) is 23.0. The zero-order valence-corrected chi connectivity index (χ0v) is 18.9. The normalized spacial score (nSPS) is 25.5. The molecule has 0 saturated carbocycles. The van der Waals surface area contributed by atoms with Crippen LogP contribution < -0.4 is 0 Å². The first-order valence-electron chi connectivity index (χ1n) is 11.0. The maximum atomic E-state index is 6.62. The number of benzene rings is 3. The first-order valence-corrected chi connectivity index (χ1v) is 11.4. The van der Waals surface area contributed by atoms with Gasteiger partial charge >= 0.3 is 0 Å². The van der Waals surface area contributed by atoms with E-state index < -0.39 is 11.7 Å². The second kappa shape index (κ2) is 11.6. The molecule has 5 heteroatoms. The Morgan fingerprint density at radius 2 is 0.969 bits per heavy atom. The van der Waals surface area contributed by atoms with Gasteiger partial charge in [0.05, 0.1) is 25.9 Å². The van der Waals surface area contributed by atoms with Gasteiger partial charge in [-0.3, -0.25) is 0 Å². The summed E-state index contributed by atoms with van der Waals surface area (Å²) in [4.78, 5) is 0. The molecule has 1 fully saturated rings. The summed E-state index contributed by atoms with van der Waals surface area (Å²) in [5.74, 6) is 0. The Morgan fingerprint density at radius 1 is 0.594 bits per heavy atom. The van der Waals surface area contributed by atoms with Crippen molar-refractivity contribution in [3.8, 4) is 0 Å². The highest BCUT2D eigenvalue weighted by molar-refractivity contribution is 6.20. The lowest BCUT2D eigenvalue weighted by Gasteiger charge is -2.43. The molecule has 4 nitrogen and oxygen atoms in total. The van der Waals surface area contributed by atoms with E-state index >= 15 is 0 Å². The molecular formula is C27H29ClO4. The van der Waals surface area contributed by atoms with Gasteiger partial charge in [-0.2, -0.15) is 0 Å². The minimum absolute atomic E-state index is 0.237. The molecule has 0 N–H and O–H groups in total. The van der Waals surface area contributed by atoms with Gasteiger partial charge in [0.1, 0.15) is 18.3 Å². The van der Waals surface area contributed by atoms with Crippen molar-refractivity contribution in [2.75, 3.05) is 0 Å². The summed E-state index contributed by atoms with van der Waals surface area (Å²) < 4.78 is 25.0. The number of hydrogen-bond acceptors (Lipinski definition) is 4. The van der Waals surface area contributed by atoms with Gasteiger partial charge in [0, 0.05) is 0 Å². The van der Waals surface area contributed by atoms with Crippen molar-refractivity contribution in [1.29, 1.82) is 0 Å². The molecule has 0 spiro atoms. The van der Waals surface area contributed by atoms with Crippen LogP contribution in [0.5, 0.6) is 0 Å². The summed E-state index contributed by atoms with van der Waals surface area (Å²) in [6.07, 6.45) is -1.42. The summed E-state index contributed by atoms with van der Waals surface area (Å²) in [5, 5.41) is 0. The van der Waals surface area contributed by atoms with Crippen LogP contribution in [0.1, 0.15) is 23.6 Å². The van der Waals surface area contributed by atoms with E-state index in [1.54, 1.807) is 0 Å². The molecule has 0 aliphatic carbocycles. The minimum Gasteiger partial charge on any atom is -0.368 e. The third-order valence-corrected chi connectivity index (χ3v) is 5.92. The standard InChI is InChI=1S/C27H29ClO4/c1-20-24(29-17-21-11-5-2-6-12-21)25(30-18-22-13-7-3-8-14-22)26(27(28)32-20)31-19-23-15-9-4-10-16-23/h2-16,20,24-27H,17-19H2,1H3/t20-,24-,25+,26-,27+/m1/s1. The van der Waals surface area contributed by atoms with E-state index in [1.165, 1.54) is 0 Å². The largest absolute Gasteiger partial charge is 0.368 e. The number of halogens is 1. The third kappa shape index (κ3) is 6.18. The lowest BCUT2D eigenvalue weighted by Crippen LogP contribution is -2.57. The number of hydrogen-bond donors (Lipinski definition) is 0. The van der Waals surface area contributed by atoms with Gasteiger partial charge < -0.3 is 18.9 Å². The summed E-state index contributed by atoms with van der Waals surface area (Å²) in [7, 11) is 0. The molecule has 0 amide bonds. The zero-order valence-electron chi connectivity index (χ0n) is 18.2. The fourth-order valence-electron chi connectivity index (χ4n) is 3.85. The number of ether oxygens (including phenoxy) is 4. The molecule has 32 heavy (non-hydrogen) atoms. The fourth-order valence-corrected chi connectivity index (χ4v) is 4.23. The van der Waals surface area contributed by atoms with Crippen molar-refractivity contribution in [3.05, 3.63) is 108 Å². The van der Waals surface area contributed by atoms with Gasteiger partial charge in [0.15, 0.2) is 5.56 Å². The topological polar surface area (TPSA) is 36.9 Å². The summed E-state index contributed by atoms with van der Waals surface area (Å²) in [5.41, 5.74) is 2.61. The highest BCUT2D eigenvalue weighted by Gasteiger charge is 2.46. The Balaban J connectivity index is 1.50. The van der Waals surface area contributed by atoms with Crippen LogP contribution in [0.2, 0.25) is 0 Å². The Morgan fingerprint density at radius 3 is 1.41 bits per heavy atom. The van der Waals surface area contributed by atoms with Gasteiger partial charge in [-0.1, -0.05) is 103 Å². The Bertz CT molecular complexity index is 867. The van der Waals surface area contributed by atoms with Crippen LogP contribution in [0, 0.1) is 0 Å². The van der Waals surface area contributed by atoms with Crippen LogP contribution in [-0.2, 0) is 38.8 Å². The van der Waals surface area contributed by atoms with Crippen molar-refractivity contribution in [1.82, 2.24) is 0 Å². The predicted octanol–water partition coefficient (Wildman–Crippen LogP) is 5.73. The molecule has 4 rings (SSSR count). The molecule has 1 heterocycles. The first-order chi connectivity index (χ1) is 15.7. The molecule has 1 saturated heterocycles. The van der Waals surface area contributed by atoms with Crippen molar-refractivity contribution in [3.63, 3.8) is 0 Å². The molecule has 5 atom stereocenters. The van der Waals surface area contributed by atoms with Crippen molar-refractivity contribution in [2.24, 2.45) is 0 Å². The lowest BCUT2D eigenvalue weighted by atomic mass is 9.99. The zero-order chi connectivity index (χ0) is 22.2. The Labute approximate surface area is 195 Å². The SMILES string of the molecule is C[C@H]1O[C@H](Cl)[C@H](OCc2ccccc2)[C@@H](OCc2ccccc2)[C@@H]1OCc1ccccc1. The second-order valence-electron chi connectivity index (χ2n) is 7.98. The Kier molecular flexibility index (Phi) is 8.32. The predicted molar refractivity (Wildman–Crippen MR) is 125 cm³/mol. The molecule has 1 aliphatic rings. The van der Waals surface area contributed by atoms with Crippen molar-refractivity contribution in [2.45, 2.75) is 56.7 Å². The average molecular weight is 453 g/mol. The molecular weight excluding hydrogens is 424 g/mol. The Hall–Kier alpha value is -2.21. The molecule has 0 unspecified atom stereocenters. The van der Waals surface area contributed by atoms with E-state index in [1.807, 2.05) is 97.9 Å². The average Bonchev–Trinajstić information content (AvgIpc) is 2.83. The fraction of sp³-hybridized carbons (Fsp3) is 0.333. The molecule has 0 aromatic heterocycles. The molecule has 1 aliphatic heterocycles. The van der Waals surface area contributed by atoms with E-state index in [0.29, 0.717) is 19.8 Å². The second-order valence-corrected chi connectivity index (χ2v) is 8.41. The molecule has 3 aromatic carbocycles. The summed E-state index contributed by atoms with van der Waals surface area (Å²) >= 11 is 6.62.